The van der Waals surface area contributed by atoms with E-state index in [4.69, 9.17) is 0 Å². The van der Waals surface area contributed by atoms with Crippen molar-refractivity contribution in [3.8, 4) is 11.1 Å². The van der Waals surface area contributed by atoms with Crippen LogP contribution in [0, 0.1) is 11.6 Å². The van der Waals surface area contributed by atoms with Crippen LogP contribution in [0.2, 0.25) is 0 Å². The average Bonchev–Trinajstić information content (AvgIpc) is 2.99. The lowest BCUT2D eigenvalue weighted by Crippen LogP contribution is -2.50. The normalized spacial score (nSPS) is 18.0. The second-order valence-electron chi connectivity index (χ2n) is 11.1. The van der Waals surface area contributed by atoms with E-state index in [1.165, 1.54) is 17.0 Å². The lowest BCUT2D eigenvalue weighted by molar-refractivity contribution is -0.138. The van der Waals surface area contributed by atoms with Gasteiger partial charge in [0.25, 0.3) is 5.91 Å². The topological polar surface area (TPSA) is 79.4 Å². The quantitative estimate of drug-likeness (QED) is 0.350. The van der Waals surface area contributed by atoms with Gasteiger partial charge in [-0.05, 0) is 62.0 Å². The molecular formula is C31H32F5N5O3. The molecule has 2 amide bonds. The third-order valence-corrected chi connectivity index (χ3v) is 8.26. The molecule has 0 radical (unpaired) electrons. The number of nitrogens with zero attached hydrogens (tertiary/aromatic N) is 4. The Morgan fingerprint density at radius 1 is 0.886 bits per heavy atom. The molecule has 13 heteroatoms. The third-order valence-electron chi connectivity index (χ3n) is 8.26. The Hall–Kier alpha value is -4.39. The van der Waals surface area contributed by atoms with E-state index in [9.17, 15) is 32.3 Å². The van der Waals surface area contributed by atoms with E-state index in [2.05, 4.69) is 10.2 Å². The number of alkyl halides is 3. The van der Waals surface area contributed by atoms with Gasteiger partial charge in [-0.15, -0.1) is 0 Å². The van der Waals surface area contributed by atoms with Gasteiger partial charge in [0.15, 0.2) is 0 Å². The van der Waals surface area contributed by atoms with Crippen molar-refractivity contribution in [3.63, 3.8) is 0 Å². The molecule has 0 saturated carbocycles. The Kier molecular flexibility index (Phi) is 8.69. The summed E-state index contributed by atoms with van der Waals surface area (Å²) in [6, 6.07) is 11.6. The maximum atomic E-state index is 15.7. The molecule has 3 aromatic carbocycles. The van der Waals surface area contributed by atoms with Gasteiger partial charge in [-0.1, -0.05) is 12.1 Å². The number of carboxylic acid groups (broad SMARTS) is 1. The number of piperazine rings is 2. The molecule has 3 aromatic rings. The number of nitrogens with one attached hydrogen (secondary N) is 1. The van der Waals surface area contributed by atoms with Gasteiger partial charge in [-0.25, -0.2) is 13.6 Å². The van der Waals surface area contributed by atoms with Gasteiger partial charge in [-0.3, -0.25) is 4.79 Å². The van der Waals surface area contributed by atoms with E-state index in [-0.39, 0.29) is 23.4 Å². The number of benzene rings is 3. The van der Waals surface area contributed by atoms with Crippen LogP contribution in [0.4, 0.5) is 43.8 Å². The summed E-state index contributed by atoms with van der Waals surface area (Å²) >= 11 is 0. The molecule has 0 aromatic heterocycles. The third kappa shape index (κ3) is 6.57. The van der Waals surface area contributed by atoms with Crippen LogP contribution in [0.3, 0.4) is 0 Å². The SMILES string of the molecule is CC1CN(c2cc(F)c(-c3ccc(N4CCN(C(=O)O)CC4)cc3)cc2NC(=O)c2ccc(F)cc2C(F)(F)F)CCN1C. The van der Waals surface area contributed by atoms with Crippen LogP contribution in [0.15, 0.2) is 54.6 Å². The van der Waals surface area contributed by atoms with E-state index in [0.717, 1.165) is 17.8 Å². The zero-order chi connectivity index (χ0) is 31.8. The zero-order valence-electron chi connectivity index (χ0n) is 24.2. The summed E-state index contributed by atoms with van der Waals surface area (Å²) in [7, 11) is 1.96. The van der Waals surface area contributed by atoms with Crippen LogP contribution >= 0.6 is 0 Å². The molecule has 8 nitrogen and oxygen atoms in total. The molecule has 2 fully saturated rings. The molecule has 1 atom stereocenters. The Morgan fingerprint density at radius 2 is 1.55 bits per heavy atom. The van der Waals surface area contributed by atoms with Crippen molar-refractivity contribution in [2.24, 2.45) is 0 Å². The van der Waals surface area contributed by atoms with Crippen molar-refractivity contribution < 1.29 is 36.6 Å². The van der Waals surface area contributed by atoms with E-state index >= 15 is 4.39 Å². The van der Waals surface area contributed by atoms with Gasteiger partial charge in [0.1, 0.15) is 11.6 Å². The number of rotatable bonds is 5. The fourth-order valence-corrected chi connectivity index (χ4v) is 5.56. The molecule has 5 rings (SSSR count). The van der Waals surface area contributed by atoms with E-state index in [0.29, 0.717) is 57.1 Å². The number of likely N-dealkylation sites (N-methyl/N-ethyl adjacent to an activating group) is 1. The van der Waals surface area contributed by atoms with Crippen molar-refractivity contribution in [1.82, 2.24) is 9.80 Å². The van der Waals surface area contributed by atoms with Crippen molar-refractivity contribution in [2.45, 2.75) is 19.1 Å². The van der Waals surface area contributed by atoms with E-state index in [1.807, 2.05) is 23.8 Å². The summed E-state index contributed by atoms with van der Waals surface area (Å²) < 4.78 is 70.5. The molecule has 0 bridgehead atoms. The second kappa shape index (κ2) is 12.3. The smallest absolute Gasteiger partial charge is 0.417 e. The molecule has 2 aliphatic heterocycles. The molecule has 2 N–H and O–H groups in total. The highest BCUT2D eigenvalue weighted by Gasteiger charge is 2.36. The summed E-state index contributed by atoms with van der Waals surface area (Å²) in [4.78, 5) is 31.8. The molecular weight excluding hydrogens is 585 g/mol. The summed E-state index contributed by atoms with van der Waals surface area (Å²) in [5, 5.41) is 11.7. The highest BCUT2D eigenvalue weighted by molar-refractivity contribution is 6.07. The lowest BCUT2D eigenvalue weighted by atomic mass is 10.0. The van der Waals surface area contributed by atoms with E-state index < -0.39 is 40.9 Å². The number of hydrogen-bond donors (Lipinski definition) is 2. The molecule has 44 heavy (non-hydrogen) atoms. The minimum Gasteiger partial charge on any atom is -0.465 e. The highest BCUT2D eigenvalue weighted by Crippen LogP contribution is 2.38. The number of halogens is 5. The maximum Gasteiger partial charge on any atom is 0.417 e. The van der Waals surface area contributed by atoms with Crippen LogP contribution in [0.25, 0.3) is 11.1 Å². The van der Waals surface area contributed by atoms with Crippen LogP contribution in [-0.4, -0.2) is 85.8 Å². The average molecular weight is 618 g/mol. The number of amides is 2. The predicted molar refractivity (Wildman–Crippen MR) is 157 cm³/mol. The van der Waals surface area contributed by atoms with Gasteiger partial charge < -0.3 is 30.0 Å². The summed E-state index contributed by atoms with van der Waals surface area (Å²) in [5.74, 6) is -2.81. The Balaban J connectivity index is 1.48. The van der Waals surface area contributed by atoms with E-state index in [1.54, 1.807) is 24.3 Å². The summed E-state index contributed by atoms with van der Waals surface area (Å²) in [6.45, 7) is 5.33. The molecule has 1 unspecified atom stereocenters. The lowest BCUT2D eigenvalue weighted by Gasteiger charge is -2.39. The molecule has 0 aliphatic carbocycles. The number of carbonyl (C=O) groups excluding carboxylic acids is 1. The number of carbonyl (C=O) groups is 2. The van der Waals surface area contributed by atoms with Crippen LogP contribution in [-0.2, 0) is 6.18 Å². The fraction of sp³-hybridized carbons (Fsp3) is 0.355. The monoisotopic (exact) mass is 617 g/mol. The van der Waals surface area contributed by atoms with Crippen LogP contribution in [0.1, 0.15) is 22.8 Å². The fourth-order valence-electron chi connectivity index (χ4n) is 5.56. The molecule has 2 saturated heterocycles. The number of hydrogen-bond acceptors (Lipinski definition) is 5. The van der Waals surface area contributed by atoms with Gasteiger partial charge >= 0.3 is 12.3 Å². The first-order valence-electron chi connectivity index (χ1n) is 14.1. The van der Waals surface area contributed by atoms with Gasteiger partial charge in [0, 0.05) is 63.1 Å². The largest absolute Gasteiger partial charge is 0.465 e. The van der Waals surface area contributed by atoms with Crippen molar-refractivity contribution in [3.05, 3.63) is 77.4 Å². The van der Waals surface area contributed by atoms with Gasteiger partial charge in [0.05, 0.1) is 22.5 Å². The molecule has 0 spiro atoms. The zero-order valence-corrected chi connectivity index (χ0v) is 24.2. The van der Waals surface area contributed by atoms with Crippen LogP contribution < -0.4 is 15.1 Å². The first-order chi connectivity index (χ1) is 20.8. The predicted octanol–water partition coefficient (Wildman–Crippen LogP) is 5.84. The van der Waals surface area contributed by atoms with Gasteiger partial charge in [0.2, 0.25) is 0 Å². The minimum absolute atomic E-state index is 0.0916. The summed E-state index contributed by atoms with van der Waals surface area (Å²) in [6.07, 6.45) is -5.94. The van der Waals surface area contributed by atoms with Crippen LogP contribution in [0.5, 0.6) is 0 Å². The summed E-state index contributed by atoms with van der Waals surface area (Å²) in [5.41, 5.74) is -0.295. The standard InChI is InChI=1S/C31H32F5N5O3/c1-19-18-41(10-9-38(19)2)28-17-26(33)24(20-3-6-22(7-4-20)39-11-13-40(14-12-39)30(43)44)16-27(28)37-29(42)23-8-5-21(32)15-25(23)31(34,35)36/h3-8,15-17,19H,9-14,18H2,1-2H3,(H,37,42)(H,43,44). The maximum absolute atomic E-state index is 15.7. The Morgan fingerprint density at radius 3 is 2.16 bits per heavy atom. The number of anilines is 3. The Labute approximate surface area is 251 Å². The molecule has 234 valence electrons. The highest BCUT2D eigenvalue weighted by atomic mass is 19.4. The molecule has 2 aliphatic rings. The molecule has 2 heterocycles. The first-order valence-corrected chi connectivity index (χ1v) is 14.1. The van der Waals surface area contributed by atoms with Gasteiger partial charge in [-0.2, -0.15) is 13.2 Å². The van der Waals surface area contributed by atoms with Crippen molar-refractivity contribution in [1.29, 1.82) is 0 Å². The Bertz CT molecular complexity index is 1540. The first kappa shape index (κ1) is 31.0. The van der Waals surface area contributed by atoms with Crippen molar-refractivity contribution in [2.75, 3.05) is 68.0 Å². The minimum atomic E-state index is -4.97. The van der Waals surface area contributed by atoms with Crippen molar-refractivity contribution >= 4 is 29.1 Å². The second-order valence-corrected chi connectivity index (χ2v) is 11.1.